The summed E-state index contributed by atoms with van der Waals surface area (Å²) in [4.78, 5) is 8.66. The maximum Gasteiger partial charge on any atom is 0.236 e. The molecule has 1 aromatic carbocycles. The first-order valence-corrected chi connectivity index (χ1v) is 6.97. The van der Waals surface area contributed by atoms with Crippen molar-refractivity contribution in [3.63, 3.8) is 0 Å². The fourth-order valence-electron chi connectivity index (χ4n) is 2.27. The second-order valence-corrected chi connectivity index (χ2v) is 4.59. The molecule has 2 aromatic rings. The first kappa shape index (κ1) is 14.5. The van der Waals surface area contributed by atoms with E-state index in [1.54, 1.807) is 19.5 Å². The van der Waals surface area contributed by atoms with Crippen LogP contribution in [0.1, 0.15) is 30.6 Å². The van der Waals surface area contributed by atoms with Crippen molar-refractivity contribution in [3.05, 3.63) is 54.0 Å². The monoisotopic (exact) mass is 271 g/mol. The number of aryl methyl sites for hydroxylation is 1. The van der Waals surface area contributed by atoms with Crippen LogP contribution >= 0.6 is 0 Å². The van der Waals surface area contributed by atoms with Crippen LogP contribution in [-0.4, -0.2) is 23.6 Å². The van der Waals surface area contributed by atoms with Crippen molar-refractivity contribution in [2.45, 2.75) is 25.8 Å². The second kappa shape index (κ2) is 7.60. The number of methoxy groups -OCH3 is 1. The van der Waals surface area contributed by atoms with Crippen LogP contribution in [0.5, 0.6) is 5.88 Å². The van der Waals surface area contributed by atoms with Gasteiger partial charge in [0.1, 0.15) is 5.69 Å². The summed E-state index contributed by atoms with van der Waals surface area (Å²) in [6.07, 6.45) is 5.33. The molecule has 0 spiro atoms. The average molecular weight is 271 g/mol. The molecule has 0 fully saturated rings. The quantitative estimate of drug-likeness (QED) is 0.841. The Balaban J connectivity index is 2.10. The van der Waals surface area contributed by atoms with Gasteiger partial charge < -0.3 is 10.1 Å². The Hall–Kier alpha value is -1.94. The van der Waals surface area contributed by atoms with Crippen LogP contribution < -0.4 is 10.1 Å². The van der Waals surface area contributed by atoms with Crippen molar-refractivity contribution in [2.75, 3.05) is 13.7 Å². The molecular formula is C16H21N3O. The largest absolute Gasteiger partial charge is 0.480 e. The first-order chi connectivity index (χ1) is 9.85. The van der Waals surface area contributed by atoms with Crippen LogP contribution in [0.25, 0.3) is 0 Å². The molecule has 20 heavy (non-hydrogen) atoms. The summed E-state index contributed by atoms with van der Waals surface area (Å²) in [5.41, 5.74) is 2.21. The van der Waals surface area contributed by atoms with Gasteiger partial charge in [-0.25, -0.2) is 4.98 Å². The molecule has 106 valence electrons. The van der Waals surface area contributed by atoms with Gasteiger partial charge in [-0.2, -0.15) is 0 Å². The SMILES string of the molecule is CCNC(CCc1ccccc1)c1nccnc1OC. The lowest BCUT2D eigenvalue weighted by Crippen LogP contribution is -2.23. The maximum atomic E-state index is 5.31. The number of hydrogen-bond acceptors (Lipinski definition) is 4. The molecule has 2 rings (SSSR count). The molecule has 0 saturated carbocycles. The van der Waals surface area contributed by atoms with Gasteiger partial charge in [0.05, 0.1) is 13.2 Å². The highest BCUT2D eigenvalue weighted by Gasteiger charge is 2.17. The lowest BCUT2D eigenvalue weighted by Gasteiger charge is -2.18. The number of hydrogen-bond donors (Lipinski definition) is 1. The number of rotatable bonds is 7. The summed E-state index contributed by atoms with van der Waals surface area (Å²) in [6.45, 7) is 2.98. The third-order valence-electron chi connectivity index (χ3n) is 3.23. The predicted molar refractivity (Wildman–Crippen MR) is 79.8 cm³/mol. The van der Waals surface area contributed by atoms with Gasteiger partial charge in [0.2, 0.25) is 5.88 Å². The minimum absolute atomic E-state index is 0.156. The fraction of sp³-hybridized carbons (Fsp3) is 0.375. The molecule has 0 aliphatic rings. The Kier molecular flexibility index (Phi) is 5.50. The molecule has 4 heteroatoms. The summed E-state index contributed by atoms with van der Waals surface area (Å²) in [6, 6.07) is 10.6. The molecule has 0 radical (unpaired) electrons. The van der Waals surface area contributed by atoms with Crippen LogP contribution in [0.15, 0.2) is 42.7 Å². The highest BCUT2D eigenvalue weighted by Crippen LogP contribution is 2.23. The van der Waals surface area contributed by atoms with E-state index in [1.165, 1.54) is 5.56 Å². The lowest BCUT2D eigenvalue weighted by atomic mass is 10.0. The van der Waals surface area contributed by atoms with Gasteiger partial charge in [-0.15, -0.1) is 0 Å². The maximum absolute atomic E-state index is 5.31. The molecule has 0 aliphatic carbocycles. The summed E-state index contributed by atoms with van der Waals surface area (Å²) < 4.78 is 5.31. The van der Waals surface area contributed by atoms with E-state index in [0.717, 1.165) is 25.1 Å². The lowest BCUT2D eigenvalue weighted by molar-refractivity contribution is 0.374. The smallest absolute Gasteiger partial charge is 0.236 e. The van der Waals surface area contributed by atoms with Crippen molar-refractivity contribution in [1.29, 1.82) is 0 Å². The van der Waals surface area contributed by atoms with E-state index in [2.05, 4.69) is 46.5 Å². The van der Waals surface area contributed by atoms with E-state index < -0.39 is 0 Å². The van der Waals surface area contributed by atoms with Gasteiger partial charge in [0.25, 0.3) is 0 Å². The van der Waals surface area contributed by atoms with Gasteiger partial charge in [0.15, 0.2) is 0 Å². The van der Waals surface area contributed by atoms with Crippen molar-refractivity contribution in [2.24, 2.45) is 0 Å². The number of ether oxygens (including phenoxy) is 1. The van der Waals surface area contributed by atoms with E-state index >= 15 is 0 Å². The topological polar surface area (TPSA) is 47.0 Å². The van der Waals surface area contributed by atoms with Gasteiger partial charge in [0, 0.05) is 12.4 Å². The van der Waals surface area contributed by atoms with Gasteiger partial charge >= 0.3 is 0 Å². The average Bonchev–Trinajstić information content (AvgIpc) is 2.52. The third kappa shape index (κ3) is 3.78. The zero-order valence-corrected chi connectivity index (χ0v) is 12.0. The Morgan fingerprint density at radius 3 is 2.60 bits per heavy atom. The molecule has 1 heterocycles. The van der Waals surface area contributed by atoms with Crippen LogP contribution in [0.3, 0.4) is 0 Å². The van der Waals surface area contributed by atoms with Crippen molar-refractivity contribution < 1.29 is 4.74 Å². The molecule has 0 saturated heterocycles. The zero-order chi connectivity index (χ0) is 14.2. The minimum atomic E-state index is 0.156. The Bertz CT molecular complexity index is 516. The molecule has 1 atom stereocenters. The normalized spacial score (nSPS) is 12.1. The van der Waals surface area contributed by atoms with Crippen LogP contribution in [0, 0.1) is 0 Å². The van der Waals surface area contributed by atoms with E-state index in [0.29, 0.717) is 5.88 Å². The molecule has 0 aliphatic heterocycles. The number of benzene rings is 1. The van der Waals surface area contributed by atoms with E-state index in [9.17, 15) is 0 Å². The zero-order valence-electron chi connectivity index (χ0n) is 12.0. The third-order valence-corrected chi connectivity index (χ3v) is 3.23. The van der Waals surface area contributed by atoms with E-state index in [4.69, 9.17) is 4.74 Å². The van der Waals surface area contributed by atoms with Gasteiger partial charge in [-0.1, -0.05) is 37.3 Å². The fourth-order valence-corrected chi connectivity index (χ4v) is 2.27. The molecular weight excluding hydrogens is 250 g/mol. The second-order valence-electron chi connectivity index (χ2n) is 4.59. The number of aromatic nitrogens is 2. The molecule has 0 bridgehead atoms. The van der Waals surface area contributed by atoms with E-state index in [1.807, 2.05) is 6.07 Å². The van der Waals surface area contributed by atoms with Gasteiger partial charge in [-0.3, -0.25) is 4.98 Å². The summed E-state index contributed by atoms with van der Waals surface area (Å²) in [7, 11) is 1.63. The molecule has 0 amide bonds. The molecule has 4 nitrogen and oxygen atoms in total. The standard InChI is InChI=1S/C16H21N3O/c1-3-17-14(10-9-13-7-5-4-6-8-13)15-16(20-2)19-12-11-18-15/h4-8,11-12,14,17H,3,9-10H2,1-2H3. The predicted octanol–water partition coefficient (Wildman–Crippen LogP) is 2.77. The number of nitrogens with zero attached hydrogens (tertiary/aromatic N) is 2. The summed E-state index contributed by atoms with van der Waals surface area (Å²) in [5.74, 6) is 0.603. The molecule has 1 aromatic heterocycles. The summed E-state index contributed by atoms with van der Waals surface area (Å²) >= 11 is 0. The van der Waals surface area contributed by atoms with Crippen molar-refractivity contribution in [1.82, 2.24) is 15.3 Å². The highest BCUT2D eigenvalue weighted by atomic mass is 16.5. The highest BCUT2D eigenvalue weighted by molar-refractivity contribution is 5.22. The Morgan fingerprint density at radius 2 is 1.90 bits per heavy atom. The van der Waals surface area contributed by atoms with Crippen molar-refractivity contribution >= 4 is 0 Å². The van der Waals surface area contributed by atoms with Crippen LogP contribution in [0.2, 0.25) is 0 Å². The van der Waals surface area contributed by atoms with E-state index in [-0.39, 0.29) is 6.04 Å². The minimum Gasteiger partial charge on any atom is -0.480 e. The van der Waals surface area contributed by atoms with Crippen molar-refractivity contribution in [3.8, 4) is 5.88 Å². The molecule has 1 N–H and O–H groups in total. The molecule has 1 unspecified atom stereocenters. The van der Waals surface area contributed by atoms with Crippen LogP contribution in [-0.2, 0) is 6.42 Å². The first-order valence-electron chi connectivity index (χ1n) is 6.97. The van der Waals surface area contributed by atoms with Gasteiger partial charge in [-0.05, 0) is 24.9 Å². The summed E-state index contributed by atoms with van der Waals surface area (Å²) in [5, 5.41) is 3.46. The Morgan fingerprint density at radius 1 is 1.15 bits per heavy atom. The Labute approximate surface area is 120 Å². The van der Waals surface area contributed by atoms with Crippen LogP contribution in [0.4, 0.5) is 0 Å². The number of nitrogens with one attached hydrogen (secondary N) is 1.